The lowest BCUT2D eigenvalue weighted by Gasteiger charge is -2.41. The summed E-state index contributed by atoms with van der Waals surface area (Å²) in [5.74, 6) is -0.252. The lowest BCUT2D eigenvalue weighted by Crippen LogP contribution is -2.61. The van der Waals surface area contributed by atoms with E-state index in [9.17, 15) is 38.2 Å². The molecule has 1 saturated heterocycles. The standard InChI is InChI=1S/C70H137NO11S/c1-3-5-7-9-11-13-15-17-19-21-23-25-27-28-29-30-31-32-33-34-35-36-38-40-42-44-46-48-50-52-54-56-58-60-66(74)71-63(62-80-70-68(76)69(82-83(77,78)79)67(75)65(61-72)81-70)64(73)59-57-55-53-51-49-47-45-43-41-39-37-26-24-22-20-18-16-14-12-10-8-6-4-2/h57,59,63-65,67-70,72-73,75-76H,3-56,58,60-62H2,1-2H3,(H,71,74)(H,77,78,79)/b59-57+. The van der Waals surface area contributed by atoms with Crippen LogP contribution in [0.3, 0.4) is 0 Å². The van der Waals surface area contributed by atoms with Crippen LogP contribution in [0.4, 0.5) is 0 Å². The summed E-state index contributed by atoms with van der Waals surface area (Å²) in [4.78, 5) is 13.2. The van der Waals surface area contributed by atoms with Crippen LogP contribution in [0.15, 0.2) is 12.2 Å². The zero-order chi connectivity index (χ0) is 60.4. The molecule has 494 valence electrons. The highest BCUT2D eigenvalue weighted by Crippen LogP contribution is 2.27. The van der Waals surface area contributed by atoms with Crippen LogP contribution >= 0.6 is 0 Å². The summed E-state index contributed by atoms with van der Waals surface area (Å²) in [6, 6.07) is -0.942. The Kier molecular flexibility index (Phi) is 57.5. The van der Waals surface area contributed by atoms with Crippen molar-refractivity contribution in [2.45, 2.75) is 416 Å². The third kappa shape index (κ3) is 51.4. The Morgan fingerprint density at radius 1 is 0.470 bits per heavy atom. The van der Waals surface area contributed by atoms with Gasteiger partial charge in [0.1, 0.15) is 24.4 Å². The molecule has 1 aliphatic heterocycles. The van der Waals surface area contributed by atoms with Crippen LogP contribution in [0.25, 0.3) is 0 Å². The fourth-order valence-electron chi connectivity index (χ4n) is 12.1. The Morgan fingerprint density at radius 2 is 0.759 bits per heavy atom. The van der Waals surface area contributed by atoms with Gasteiger partial charge < -0.3 is 35.2 Å². The van der Waals surface area contributed by atoms with Crippen LogP contribution in [-0.2, 0) is 28.9 Å². The van der Waals surface area contributed by atoms with E-state index >= 15 is 0 Å². The quantitative estimate of drug-likeness (QED) is 0.0193. The van der Waals surface area contributed by atoms with E-state index in [0.29, 0.717) is 6.42 Å². The van der Waals surface area contributed by atoms with E-state index in [1.165, 1.54) is 308 Å². The molecular weight excluding hydrogens is 1060 g/mol. The Morgan fingerprint density at radius 3 is 1.05 bits per heavy atom. The first kappa shape index (κ1) is 79.9. The lowest BCUT2D eigenvalue weighted by atomic mass is 9.99. The van der Waals surface area contributed by atoms with Gasteiger partial charge in [0.05, 0.1) is 25.4 Å². The molecule has 1 fully saturated rings. The highest BCUT2D eigenvalue weighted by molar-refractivity contribution is 7.80. The van der Waals surface area contributed by atoms with E-state index in [1.807, 2.05) is 6.08 Å². The maximum atomic E-state index is 13.2. The van der Waals surface area contributed by atoms with E-state index in [-0.39, 0.29) is 18.9 Å². The Bertz CT molecular complexity index is 1500. The van der Waals surface area contributed by atoms with Crippen LogP contribution < -0.4 is 5.32 Å². The fourth-order valence-corrected chi connectivity index (χ4v) is 12.6. The summed E-state index contributed by atoms with van der Waals surface area (Å²) >= 11 is 0. The second-order valence-corrected chi connectivity index (χ2v) is 26.6. The molecule has 1 amide bonds. The minimum atomic E-state index is -5.09. The van der Waals surface area contributed by atoms with Gasteiger partial charge in [-0.05, 0) is 19.3 Å². The van der Waals surface area contributed by atoms with E-state index < -0.39 is 59.9 Å². The maximum absolute atomic E-state index is 13.2. The summed E-state index contributed by atoms with van der Waals surface area (Å²) in [5.41, 5.74) is 0. The molecule has 12 nitrogen and oxygen atoms in total. The van der Waals surface area contributed by atoms with Gasteiger partial charge in [-0.1, -0.05) is 360 Å². The van der Waals surface area contributed by atoms with Gasteiger partial charge in [0.15, 0.2) is 6.29 Å². The molecule has 0 radical (unpaired) electrons. The predicted molar refractivity (Wildman–Crippen MR) is 347 cm³/mol. The summed E-state index contributed by atoms with van der Waals surface area (Å²) in [6.45, 7) is 3.47. The number of hydrogen-bond acceptors (Lipinski definition) is 10. The van der Waals surface area contributed by atoms with Crippen molar-refractivity contribution in [3.63, 3.8) is 0 Å². The largest absolute Gasteiger partial charge is 0.397 e. The zero-order valence-electron chi connectivity index (χ0n) is 54.3. The molecule has 13 heteroatoms. The smallest absolute Gasteiger partial charge is 0.394 e. The molecule has 6 N–H and O–H groups in total. The van der Waals surface area contributed by atoms with Gasteiger partial charge in [0.25, 0.3) is 0 Å². The minimum Gasteiger partial charge on any atom is -0.394 e. The summed E-state index contributed by atoms with van der Waals surface area (Å²) < 4.78 is 48.1. The van der Waals surface area contributed by atoms with Crippen molar-refractivity contribution in [2.75, 3.05) is 13.2 Å². The molecule has 7 unspecified atom stereocenters. The van der Waals surface area contributed by atoms with Crippen molar-refractivity contribution in [1.82, 2.24) is 5.32 Å². The van der Waals surface area contributed by atoms with Gasteiger partial charge in [0, 0.05) is 6.42 Å². The number of aliphatic hydroxyl groups is 4. The molecule has 0 aromatic heterocycles. The number of ether oxygens (including phenoxy) is 2. The van der Waals surface area contributed by atoms with E-state index in [4.69, 9.17) is 9.47 Å². The number of allylic oxidation sites excluding steroid dienone is 1. The van der Waals surface area contributed by atoms with Crippen LogP contribution in [0.1, 0.15) is 373 Å². The van der Waals surface area contributed by atoms with Crippen molar-refractivity contribution in [2.24, 2.45) is 0 Å². The molecule has 0 bridgehead atoms. The second-order valence-electron chi connectivity index (χ2n) is 25.5. The highest BCUT2D eigenvalue weighted by Gasteiger charge is 2.48. The molecule has 0 aromatic carbocycles. The molecule has 0 saturated carbocycles. The number of unbranched alkanes of at least 4 members (excludes halogenated alkanes) is 53. The summed E-state index contributed by atoms with van der Waals surface area (Å²) in [5, 5.41) is 45.2. The Labute approximate surface area is 512 Å². The average molecular weight is 1200 g/mol. The Hall–Kier alpha value is -1.16. The number of aliphatic hydroxyl groups excluding tert-OH is 4. The van der Waals surface area contributed by atoms with Crippen molar-refractivity contribution in [3.05, 3.63) is 12.2 Å². The van der Waals surface area contributed by atoms with Crippen LogP contribution in [0.2, 0.25) is 0 Å². The van der Waals surface area contributed by atoms with E-state index in [0.717, 1.165) is 38.5 Å². The van der Waals surface area contributed by atoms with Crippen molar-refractivity contribution in [1.29, 1.82) is 0 Å². The number of carbonyl (C=O) groups is 1. The van der Waals surface area contributed by atoms with Crippen molar-refractivity contribution >= 4 is 16.3 Å². The zero-order valence-corrected chi connectivity index (χ0v) is 55.1. The van der Waals surface area contributed by atoms with Gasteiger partial charge in [-0.3, -0.25) is 9.35 Å². The molecule has 0 aliphatic carbocycles. The number of carbonyl (C=O) groups excluding carboxylic acids is 1. The van der Waals surface area contributed by atoms with Crippen LogP contribution in [0, 0.1) is 0 Å². The first-order valence-corrected chi connectivity index (χ1v) is 37.4. The molecule has 83 heavy (non-hydrogen) atoms. The Balaban J connectivity index is 2.21. The number of nitrogens with one attached hydrogen (secondary N) is 1. The first-order valence-electron chi connectivity index (χ1n) is 36.1. The van der Waals surface area contributed by atoms with Gasteiger partial charge in [-0.15, -0.1) is 0 Å². The average Bonchev–Trinajstić information content (AvgIpc) is 3.46. The van der Waals surface area contributed by atoms with Crippen molar-refractivity contribution in [3.8, 4) is 0 Å². The van der Waals surface area contributed by atoms with Gasteiger partial charge in [-0.2, -0.15) is 8.42 Å². The van der Waals surface area contributed by atoms with Crippen molar-refractivity contribution < 1.29 is 51.8 Å². The number of amides is 1. The third-order valence-corrected chi connectivity index (χ3v) is 18.0. The molecule has 0 spiro atoms. The fraction of sp³-hybridized carbons (Fsp3) is 0.957. The maximum Gasteiger partial charge on any atom is 0.397 e. The topological polar surface area (TPSA) is 192 Å². The molecule has 1 heterocycles. The van der Waals surface area contributed by atoms with E-state index in [2.05, 4.69) is 23.3 Å². The second kappa shape index (κ2) is 59.8. The molecular formula is C70H137NO11S. The van der Waals surface area contributed by atoms with Gasteiger partial charge in [0.2, 0.25) is 5.91 Å². The SMILES string of the molecule is CCCCCCCCCCCCCCCCCCCCCCC/C=C/C(O)C(COC1OC(CO)C(O)C(OS(=O)(=O)O)C1O)NC(=O)CCCCCCCCCCCCCCCCCCCCCCCCCCCCCCCCCCC. The molecule has 1 rings (SSSR count). The van der Waals surface area contributed by atoms with Crippen LogP contribution in [-0.4, -0.2) is 95.4 Å². The van der Waals surface area contributed by atoms with E-state index in [1.54, 1.807) is 6.08 Å². The number of rotatable bonds is 65. The summed E-state index contributed by atoms with van der Waals surface area (Å²) in [6.07, 6.45) is 67.3. The molecule has 0 aromatic rings. The minimum absolute atomic E-state index is 0.252. The molecule has 7 atom stereocenters. The van der Waals surface area contributed by atoms with Gasteiger partial charge in [-0.25, -0.2) is 4.18 Å². The normalized spacial score (nSPS) is 18.4. The third-order valence-electron chi connectivity index (χ3n) is 17.6. The number of hydrogen-bond donors (Lipinski definition) is 6. The molecule has 1 aliphatic rings. The summed E-state index contributed by atoms with van der Waals surface area (Å²) in [7, 11) is -5.09. The first-order chi connectivity index (χ1) is 40.5. The predicted octanol–water partition coefficient (Wildman–Crippen LogP) is 18.9. The van der Waals surface area contributed by atoms with Gasteiger partial charge >= 0.3 is 10.4 Å². The lowest BCUT2D eigenvalue weighted by molar-refractivity contribution is -0.298. The van der Waals surface area contributed by atoms with Crippen LogP contribution in [0.5, 0.6) is 0 Å². The monoisotopic (exact) mass is 1200 g/mol. The highest BCUT2D eigenvalue weighted by atomic mass is 32.3.